The molecule has 4 nitrogen and oxygen atoms in total. The smallest absolute Gasteiger partial charge is 0.341 e. The highest BCUT2D eigenvalue weighted by Gasteiger charge is 2.26. The number of hydrogen-bond acceptors (Lipinski definition) is 4. The van der Waals surface area contributed by atoms with E-state index in [0.717, 1.165) is 10.4 Å². The Kier molecular flexibility index (Phi) is 6.01. The van der Waals surface area contributed by atoms with E-state index in [1.807, 2.05) is 45.0 Å². The Bertz CT molecular complexity index is 744. The molecule has 0 bridgehead atoms. The van der Waals surface area contributed by atoms with E-state index < -0.39 is 11.4 Å². The normalized spacial score (nSPS) is 12.5. The predicted molar refractivity (Wildman–Crippen MR) is 102 cm³/mol. The molecule has 0 saturated heterocycles. The van der Waals surface area contributed by atoms with Crippen molar-refractivity contribution in [1.82, 2.24) is 0 Å². The molecular weight excluding hydrogens is 334 g/mol. The molecule has 2 aromatic rings. The summed E-state index contributed by atoms with van der Waals surface area (Å²) in [6, 6.07) is 11.9. The fourth-order valence-electron chi connectivity index (χ4n) is 2.27. The lowest BCUT2D eigenvalue weighted by atomic mass is 9.96. The molecule has 1 atom stereocenters. The molecule has 0 aliphatic heterocycles. The zero-order valence-corrected chi connectivity index (χ0v) is 16.2. The monoisotopic (exact) mass is 359 g/mol. The number of thiophene rings is 1. The molecule has 0 fully saturated rings. The first-order valence-corrected chi connectivity index (χ1v) is 9.23. The van der Waals surface area contributed by atoms with Crippen LogP contribution in [-0.4, -0.2) is 18.5 Å². The summed E-state index contributed by atoms with van der Waals surface area (Å²) >= 11 is 1.43. The Morgan fingerprint density at radius 3 is 2.40 bits per heavy atom. The zero-order chi connectivity index (χ0) is 18.6. The molecule has 5 heteroatoms. The number of carbonyl (C=O) groups excluding carboxylic acids is 2. The summed E-state index contributed by atoms with van der Waals surface area (Å²) in [5, 5.41) is 3.45. The van der Waals surface area contributed by atoms with Gasteiger partial charge in [0.25, 0.3) is 0 Å². The van der Waals surface area contributed by atoms with Gasteiger partial charge in [0, 0.05) is 16.2 Å². The summed E-state index contributed by atoms with van der Waals surface area (Å²) < 4.78 is 5.15. The SMILES string of the molecule is CCOC(=O)c1cc([C@H](C)c2ccccc2)sc1NC(=O)C(C)(C)C. The Labute approximate surface area is 153 Å². The van der Waals surface area contributed by atoms with Crippen molar-refractivity contribution in [3.05, 3.63) is 52.4 Å². The Morgan fingerprint density at radius 1 is 1.20 bits per heavy atom. The number of nitrogens with one attached hydrogen (secondary N) is 1. The quantitative estimate of drug-likeness (QED) is 0.759. The molecular formula is C20H25NO3S. The van der Waals surface area contributed by atoms with Crippen molar-refractivity contribution in [3.8, 4) is 0 Å². The van der Waals surface area contributed by atoms with Crippen LogP contribution in [0.1, 0.15) is 61.3 Å². The molecule has 0 aliphatic rings. The van der Waals surface area contributed by atoms with Gasteiger partial charge < -0.3 is 10.1 Å². The molecule has 1 N–H and O–H groups in total. The third kappa shape index (κ3) is 4.69. The van der Waals surface area contributed by atoms with E-state index in [1.165, 1.54) is 11.3 Å². The van der Waals surface area contributed by atoms with Gasteiger partial charge in [0.05, 0.1) is 12.2 Å². The van der Waals surface area contributed by atoms with Gasteiger partial charge in [0.2, 0.25) is 5.91 Å². The maximum absolute atomic E-state index is 12.4. The molecule has 0 spiro atoms. The van der Waals surface area contributed by atoms with Gasteiger partial charge in [0.15, 0.2) is 0 Å². The maximum atomic E-state index is 12.4. The fraction of sp³-hybridized carbons (Fsp3) is 0.400. The van der Waals surface area contributed by atoms with Crippen LogP contribution in [-0.2, 0) is 9.53 Å². The fourth-order valence-corrected chi connectivity index (χ4v) is 3.39. The topological polar surface area (TPSA) is 55.4 Å². The molecule has 0 unspecified atom stereocenters. The van der Waals surface area contributed by atoms with E-state index in [4.69, 9.17) is 4.74 Å². The first kappa shape index (κ1) is 19.2. The van der Waals surface area contributed by atoms with E-state index in [9.17, 15) is 9.59 Å². The molecule has 25 heavy (non-hydrogen) atoms. The van der Waals surface area contributed by atoms with Gasteiger partial charge in [-0.05, 0) is 18.6 Å². The average Bonchev–Trinajstić information content (AvgIpc) is 2.98. The minimum absolute atomic E-state index is 0.125. The van der Waals surface area contributed by atoms with Gasteiger partial charge in [-0.3, -0.25) is 4.79 Å². The van der Waals surface area contributed by atoms with Crippen LogP contribution >= 0.6 is 11.3 Å². The number of hydrogen-bond donors (Lipinski definition) is 1. The Hall–Kier alpha value is -2.14. The van der Waals surface area contributed by atoms with Crippen LogP contribution in [0.15, 0.2) is 36.4 Å². The van der Waals surface area contributed by atoms with Gasteiger partial charge in [-0.15, -0.1) is 11.3 Å². The number of benzene rings is 1. The molecule has 1 amide bonds. The summed E-state index contributed by atoms with van der Waals surface area (Å²) in [4.78, 5) is 25.7. The largest absolute Gasteiger partial charge is 0.462 e. The van der Waals surface area contributed by atoms with Crippen molar-refractivity contribution in [3.63, 3.8) is 0 Å². The van der Waals surface area contributed by atoms with Crippen LogP contribution in [0.2, 0.25) is 0 Å². The summed E-state index contributed by atoms with van der Waals surface area (Å²) in [6.07, 6.45) is 0. The Morgan fingerprint density at radius 2 is 1.84 bits per heavy atom. The van der Waals surface area contributed by atoms with Crippen LogP contribution in [0, 0.1) is 5.41 Å². The lowest BCUT2D eigenvalue weighted by Gasteiger charge is -2.17. The van der Waals surface area contributed by atoms with Crippen LogP contribution in [0.5, 0.6) is 0 Å². The first-order valence-electron chi connectivity index (χ1n) is 8.41. The standard InChI is InChI=1S/C20H25NO3S/c1-6-24-18(22)15-12-16(13(2)14-10-8-7-9-11-14)25-17(15)21-19(23)20(3,4)5/h7-13H,6H2,1-5H3,(H,21,23)/t13-/m1/s1. The van der Waals surface area contributed by atoms with Crippen molar-refractivity contribution in [1.29, 1.82) is 0 Å². The van der Waals surface area contributed by atoms with E-state index >= 15 is 0 Å². The summed E-state index contributed by atoms with van der Waals surface area (Å²) in [5.74, 6) is -0.409. The number of esters is 1. The van der Waals surface area contributed by atoms with E-state index in [0.29, 0.717) is 17.2 Å². The van der Waals surface area contributed by atoms with Gasteiger partial charge in [-0.1, -0.05) is 58.0 Å². The second-order valence-electron chi connectivity index (χ2n) is 6.95. The minimum Gasteiger partial charge on any atom is -0.462 e. The Balaban J connectivity index is 2.38. The number of anilines is 1. The molecule has 1 aromatic heterocycles. The summed E-state index contributed by atoms with van der Waals surface area (Å²) in [5.41, 5.74) is 1.04. The van der Waals surface area contributed by atoms with Crippen LogP contribution < -0.4 is 5.32 Å². The molecule has 0 saturated carbocycles. The van der Waals surface area contributed by atoms with Crippen molar-refractivity contribution >= 4 is 28.2 Å². The summed E-state index contributed by atoms with van der Waals surface area (Å²) in [6.45, 7) is 9.68. The maximum Gasteiger partial charge on any atom is 0.341 e. The van der Waals surface area contributed by atoms with E-state index in [-0.39, 0.29) is 11.8 Å². The van der Waals surface area contributed by atoms with Crippen LogP contribution in [0.25, 0.3) is 0 Å². The lowest BCUT2D eigenvalue weighted by molar-refractivity contribution is -0.123. The molecule has 1 heterocycles. The van der Waals surface area contributed by atoms with E-state index in [1.54, 1.807) is 6.92 Å². The number of amides is 1. The van der Waals surface area contributed by atoms with Gasteiger partial charge >= 0.3 is 5.97 Å². The van der Waals surface area contributed by atoms with Crippen molar-refractivity contribution in [2.75, 3.05) is 11.9 Å². The van der Waals surface area contributed by atoms with E-state index in [2.05, 4.69) is 24.4 Å². The lowest BCUT2D eigenvalue weighted by Crippen LogP contribution is -2.27. The second-order valence-corrected chi connectivity index (χ2v) is 8.03. The minimum atomic E-state index is -0.541. The third-order valence-electron chi connectivity index (χ3n) is 3.88. The highest BCUT2D eigenvalue weighted by atomic mass is 32.1. The molecule has 0 aliphatic carbocycles. The van der Waals surface area contributed by atoms with Crippen LogP contribution in [0.3, 0.4) is 0 Å². The first-order chi connectivity index (χ1) is 11.7. The third-order valence-corrected chi connectivity index (χ3v) is 5.11. The second kappa shape index (κ2) is 7.83. The van der Waals surface area contributed by atoms with Crippen LogP contribution in [0.4, 0.5) is 5.00 Å². The molecule has 1 aromatic carbocycles. The number of rotatable bonds is 5. The molecule has 134 valence electrons. The number of ether oxygens (including phenoxy) is 1. The summed E-state index contributed by atoms with van der Waals surface area (Å²) in [7, 11) is 0. The van der Waals surface area contributed by atoms with Crippen molar-refractivity contribution in [2.45, 2.75) is 40.5 Å². The molecule has 2 rings (SSSR count). The van der Waals surface area contributed by atoms with Gasteiger partial charge in [-0.2, -0.15) is 0 Å². The zero-order valence-electron chi connectivity index (χ0n) is 15.4. The van der Waals surface area contributed by atoms with Crippen molar-refractivity contribution in [2.24, 2.45) is 5.41 Å². The van der Waals surface area contributed by atoms with Crippen molar-refractivity contribution < 1.29 is 14.3 Å². The van der Waals surface area contributed by atoms with Gasteiger partial charge in [0.1, 0.15) is 5.00 Å². The number of carbonyl (C=O) groups is 2. The predicted octanol–water partition coefficient (Wildman–Crippen LogP) is 5.06. The average molecular weight is 359 g/mol. The molecule has 0 radical (unpaired) electrons. The van der Waals surface area contributed by atoms with Gasteiger partial charge in [-0.25, -0.2) is 4.79 Å². The highest BCUT2D eigenvalue weighted by Crippen LogP contribution is 2.37. The highest BCUT2D eigenvalue weighted by molar-refractivity contribution is 7.16.